The van der Waals surface area contributed by atoms with Gasteiger partial charge in [-0.15, -0.1) is 11.8 Å². The lowest BCUT2D eigenvalue weighted by atomic mass is 10.1. The molecule has 10 heteroatoms. The van der Waals surface area contributed by atoms with Crippen molar-refractivity contribution in [2.75, 3.05) is 37.9 Å². The van der Waals surface area contributed by atoms with Gasteiger partial charge in [-0.05, 0) is 86.3 Å². The predicted octanol–water partition coefficient (Wildman–Crippen LogP) is 4.90. The standard InChI is InChI=1S/C27H32N2O6S2/c1-6-35-22-10-8-21(9-11-22)29(37(31,32)24-14-12-23(36-5)13-15-24)18-27(30)28-19(2)20-7-16-25(33-3)26(17-20)34-4/h7-17,19H,6,18H2,1-5H3,(H,28,30)/t19-/m0/s1. The van der Waals surface area contributed by atoms with Crippen LogP contribution >= 0.6 is 11.8 Å². The van der Waals surface area contributed by atoms with Crippen LogP contribution in [-0.2, 0) is 14.8 Å². The Hall–Kier alpha value is -3.37. The lowest BCUT2D eigenvalue weighted by molar-refractivity contribution is -0.120. The van der Waals surface area contributed by atoms with Crippen LogP contribution in [0.15, 0.2) is 76.5 Å². The van der Waals surface area contributed by atoms with E-state index in [-0.39, 0.29) is 4.90 Å². The smallest absolute Gasteiger partial charge is 0.264 e. The molecular weight excluding hydrogens is 512 g/mol. The zero-order valence-corrected chi connectivity index (χ0v) is 23.2. The maximum atomic E-state index is 13.7. The molecule has 37 heavy (non-hydrogen) atoms. The highest BCUT2D eigenvalue weighted by Gasteiger charge is 2.28. The van der Waals surface area contributed by atoms with E-state index in [1.807, 2.05) is 26.2 Å². The van der Waals surface area contributed by atoms with Crippen LogP contribution in [0.4, 0.5) is 5.69 Å². The van der Waals surface area contributed by atoms with Crippen LogP contribution in [0.25, 0.3) is 0 Å². The molecule has 3 aromatic rings. The fourth-order valence-corrected chi connectivity index (χ4v) is 5.52. The fraction of sp³-hybridized carbons (Fsp3) is 0.296. The van der Waals surface area contributed by atoms with E-state index in [0.29, 0.717) is 29.5 Å². The van der Waals surface area contributed by atoms with Gasteiger partial charge >= 0.3 is 0 Å². The molecule has 1 amide bonds. The molecule has 0 aliphatic carbocycles. The molecule has 0 fully saturated rings. The van der Waals surface area contributed by atoms with E-state index in [9.17, 15) is 13.2 Å². The minimum absolute atomic E-state index is 0.0972. The molecule has 0 aliphatic heterocycles. The number of anilines is 1. The molecule has 0 bridgehead atoms. The number of amides is 1. The molecule has 0 heterocycles. The number of methoxy groups -OCH3 is 2. The van der Waals surface area contributed by atoms with Crippen molar-refractivity contribution in [2.24, 2.45) is 0 Å². The summed E-state index contributed by atoms with van der Waals surface area (Å²) in [6.45, 7) is 3.76. The van der Waals surface area contributed by atoms with Crippen molar-refractivity contribution in [3.05, 3.63) is 72.3 Å². The van der Waals surface area contributed by atoms with Crippen LogP contribution < -0.4 is 23.8 Å². The van der Waals surface area contributed by atoms with Crippen molar-refractivity contribution in [3.8, 4) is 17.2 Å². The lowest BCUT2D eigenvalue weighted by Gasteiger charge is -2.25. The van der Waals surface area contributed by atoms with Crippen LogP contribution in [0.2, 0.25) is 0 Å². The lowest BCUT2D eigenvalue weighted by Crippen LogP contribution is -2.41. The maximum Gasteiger partial charge on any atom is 0.264 e. The first kappa shape index (κ1) is 28.2. The minimum Gasteiger partial charge on any atom is -0.494 e. The van der Waals surface area contributed by atoms with E-state index >= 15 is 0 Å². The molecule has 1 atom stereocenters. The molecule has 3 rings (SSSR count). The van der Waals surface area contributed by atoms with Gasteiger partial charge in [-0.2, -0.15) is 0 Å². The summed E-state index contributed by atoms with van der Waals surface area (Å²) in [5, 5.41) is 2.89. The number of hydrogen-bond donors (Lipinski definition) is 1. The van der Waals surface area contributed by atoms with Crippen LogP contribution in [0.1, 0.15) is 25.5 Å². The summed E-state index contributed by atoms with van der Waals surface area (Å²) in [6, 6.07) is 18.2. The van der Waals surface area contributed by atoms with Crippen LogP contribution in [0.3, 0.4) is 0 Å². The second-order valence-electron chi connectivity index (χ2n) is 8.02. The van der Waals surface area contributed by atoms with E-state index in [4.69, 9.17) is 14.2 Å². The van der Waals surface area contributed by atoms with Gasteiger partial charge in [-0.3, -0.25) is 9.10 Å². The van der Waals surface area contributed by atoms with E-state index in [1.54, 1.807) is 67.8 Å². The molecule has 1 N–H and O–H groups in total. The van der Waals surface area contributed by atoms with E-state index in [0.717, 1.165) is 14.8 Å². The van der Waals surface area contributed by atoms with Crippen molar-refractivity contribution in [1.29, 1.82) is 0 Å². The molecule has 0 spiro atoms. The average Bonchev–Trinajstić information content (AvgIpc) is 2.91. The van der Waals surface area contributed by atoms with Gasteiger partial charge < -0.3 is 19.5 Å². The number of benzene rings is 3. The Morgan fingerprint density at radius 3 is 2.19 bits per heavy atom. The highest BCUT2D eigenvalue weighted by molar-refractivity contribution is 7.98. The van der Waals surface area contributed by atoms with Gasteiger partial charge in [0.1, 0.15) is 12.3 Å². The van der Waals surface area contributed by atoms with Crippen LogP contribution in [0, 0.1) is 0 Å². The van der Waals surface area contributed by atoms with Crippen molar-refractivity contribution in [1.82, 2.24) is 5.32 Å². The quantitative estimate of drug-likeness (QED) is 0.324. The topological polar surface area (TPSA) is 94.2 Å². The van der Waals surface area contributed by atoms with Crippen molar-refractivity contribution in [2.45, 2.75) is 29.7 Å². The number of hydrogen-bond acceptors (Lipinski definition) is 7. The third-order valence-corrected chi connectivity index (χ3v) is 8.19. The van der Waals surface area contributed by atoms with Crippen molar-refractivity contribution >= 4 is 33.4 Å². The second-order valence-corrected chi connectivity index (χ2v) is 10.8. The second kappa shape index (κ2) is 12.7. The van der Waals surface area contributed by atoms with E-state index in [2.05, 4.69) is 5.32 Å². The largest absolute Gasteiger partial charge is 0.494 e. The average molecular weight is 545 g/mol. The van der Waals surface area contributed by atoms with Crippen molar-refractivity contribution < 1.29 is 27.4 Å². The Morgan fingerprint density at radius 2 is 1.62 bits per heavy atom. The Bertz CT molecular complexity index is 1300. The first-order valence-corrected chi connectivity index (χ1v) is 14.3. The number of ether oxygens (including phenoxy) is 3. The third-order valence-electron chi connectivity index (χ3n) is 5.66. The summed E-state index contributed by atoms with van der Waals surface area (Å²) in [6.07, 6.45) is 1.92. The molecule has 0 radical (unpaired) electrons. The Morgan fingerprint density at radius 1 is 0.973 bits per heavy atom. The van der Waals surface area contributed by atoms with Crippen LogP contribution in [-0.4, -0.2) is 48.0 Å². The fourth-order valence-electron chi connectivity index (χ4n) is 3.69. The summed E-state index contributed by atoms with van der Waals surface area (Å²) < 4.78 is 44.6. The summed E-state index contributed by atoms with van der Waals surface area (Å²) in [4.78, 5) is 14.2. The van der Waals surface area contributed by atoms with Gasteiger partial charge in [0.2, 0.25) is 5.91 Å². The van der Waals surface area contributed by atoms with Gasteiger partial charge in [-0.1, -0.05) is 6.07 Å². The molecule has 0 aliphatic rings. The third kappa shape index (κ3) is 6.90. The molecule has 3 aromatic carbocycles. The normalized spacial score (nSPS) is 11.9. The molecule has 8 nitrogen and oxygen atoms in total. The summed E-state index contributed by atoms with van der Waals surface area (Å²) in [5.41, 5.74) is 1.14. The predicted molar refractivity (Wildman–Crippen MR) is 146 cm³/mol. The summed E-state index contributed by atoms with van der Waals surface area (Å²) in [5.74, 6) is 1.26. The number of nitrogens with one attached hydrogen (secondary N) is 1. The van der Waals surface area contributed by atoms with Gasteiger partial charge in [0.05, 0.1) is 37.5 Å². The number of sulfonamides is 1. The maximum absolute atomic E-state index is 13.7. The summed E-state index contributed by atoms with van der Waals surface area (Å²) >= 11 is 1.52. The first-order chi connectivity index (χ1) is 17.7. The zero-order valence-electron chi connectivity index (χ0n) is 21.6. The number of carbonyl (C=O) groups is 1. The van der Waals surface area contributed by atoms with Gasteiger partial charge in [0, 0.05) is 4.90 Å². The Labute approximate surface area is 223 Å². The number of thioether (sulfide) groups is 1. The molecule has 0 saturated heterocycles. The first-order valence-electron chi connectivity index (χ1n) is 11.6. The summed E-state index contributed by atoms with van der Waals surface area (Å²) in [7, 11) is -0.947. The Balaban J connectivity index is 1.88. The van der Waals surface area contributed by atoms with Crippen LogP contribution in [0.5, 0.6) is 17.2 Å². The molecular formula is C27H32N2O6S2. The molecule has 0 saturated carbocycles. The van der Waals surface area contributed by atoms with Gasteiger partial charge in [0.15, 0.2) is 11.5 Å². The SMILES string of the molecule is CCOc1ccc(N(CC(=O)N[C@@H](C)c2ccc(OC)c(OC)c2)S(=O)(=O)c2ccc(SC)cc2)cc1. The number of carbonyl (C=O) groups excluding carboxylic acids is 1. The monoisotopic (exact) mass is 544 g/mol. The van der Waals surface area contributed by atoms with Gasteiger partial charge in [-0.25, -0.2) is 8.42 Å². The molecule has 0 aromatic heterocycles. The van der Waals surface area contributed by atoms with Gasteiger partial charge in [0.25, 0.3) is 10.0 Å². The highest BCUT2D eigenvalue weighted by atomic mass is 32.2. The highest BCUT2D eigenvalue weighted by Crippen LogP contribution is 2.30. The molecule has 0 unspecified atom stereocenters. The van der Waals surface area contributed by atoms with E-state index in [1.165, 1.54) is 18.9 Å². The number of nitrogens with zero attached hydrogens (tertiary/aromatic N) is 1. The zero-order chi connectivity index (χ0) is 27.0. The van der Waals surface area contributed by atoms with E-state index < -0.39 is 28.5 Å². The molecule has 198 valence electrons. The van der Waals surface area contributed by atoms with Crippen molar-refractivity contribution in [3.63, 3.8) is 0 Å². The minimum atomic E-state index is -4.03. The Kier molecular flexibility index (Phi) is 9.71. The number of rotatable bonds is 12.